The van der Waals surface area contributed by atoms with E-state index in [9.17, 15) is 0 Å². The van der Waals surface area contributed by atoms with Crippen LogP contribution in [0.2, 0.25) is 0 Å². The predicted octanol–water partition coefficient (Wildman–Crippen LogP) is 3.02. The number of unbranched alkanes of at least 4 members (excludes halogenated alkanes) is 3. The minimum atomic E-state index is 0.859. The fraction of sp³-hybridized carbons (Fsp3) is 1.00. The van der Waals surface area contributed by atoms with E-state index in [1.165, 1.54) is 70.9 Å². The van der Waals surface area contributed by atoms with Gasteiger partial charge in [-0.25, -0.2) is 0 Å². The Bertz CT molecular complexity index is 153. The Morgan fingerprint density at radius 2 is 1.69 bits per heavy atom. The normalized spacial score (nSPS) is 18.2. The lowest BCUT2D eigenvalue weighted by atomic mass is 9.89. The third-order valence-corrected chi connectivity index (χ3v) is 3.79. The first kappa shape index (κ1) is 14.0. The van der Waals surface area contributed by atoms with E-state index in [0.29, 0.717) is 0 Å². The molecule has 0 radical (unpaired) electrons. The van der Waals surface area contributed by atoms with Crippen LogP contribution in [0, 0.1) is 5.92 Å². The quantitative estimate of drug-likeness (QED) is 0.645. The van der Waals surface area contributed by atoms with Crippen molar-refractivity contribution in [3.63, 3.8) is 0 Å². The number of nitrogens with zero attached hydrogens (tertiary/aromatic N) is 1. The first-order valence-electron chi connectivity index (χ1n) is 7.21. The van der Waals surface area contributed by atoms with E-state index in [0.717, 1.165) is 12.5 Å². The second-order valence-corrected chi connectivity index (χ2v) is 5.47. The second kappa shape index (κ2) is 9.00. The molecular weight excluding hydrogens is 196 g/mol. The molecule has 2 nitrogen and oxygen atoms in total. The molecule has 0 saturated heterocycles. The zero-order chi connectivity index (χ0) is 11.6. The molecule has 0 unspecified atom stereocenters. The number of hydrogen-bond acceptors (Lipinski definition) is 2. The highest BCUT2D eigenvalue weighted by Gasteiger charge is 2.14. The minimum absolute atomic E-state index is 0.859. The number of nitrogens with two attached hydrogens (primary N) is 1. The molecule has 0 heterocycles. The van der Waals surface area contributed by atoms with Gasteiger partial charge in [0.25, 0.3) is 0 Å². The third kappa shape index (κ3) is 6.49. The Labute approximate surface area is 102 Å². The van der Waals surface area contributed by atoms with E-state index in [1.54, 1.807) is 0 Å². The molecule has 0 atom stereocenters. The van der Waals surface area contributed by atoms with E-state index in [-0.39, 0.29) is 0 Å². The maximum atomic E-state index is 5.48. The molecule has 96 valence electrons. The Morgan fingerprint density at radius 1 is 1.00 bits per heavy atom. The van der Waals surface area contributed by atoms with Crippen LogP contribution in [-0.4, -0.2) is 31.6 Å². The molecular formula is C14H30N2. The fourth-order valence-electron chi connectivity index (χ4n) is 2.78. The topological polar surface area (TPSA) is 29.3 Å². The van der Waals surface area contributed by atoms with Gasteiger partial charge in [-0.1, -0.05) is 32.1 Å². The molecule has 0 spiro atoms. The molecule has 16 heavy (non-hydrogen) atoms. The highest BCUT2D eigenvalue weighted by atomic mass is 15.1. The van der Waals surface area contributed by atoms with Crippen molar-refractivity contribution < 1.29 is 0 Å². The molecule has 0 aromatic heterocycles. The van der Waals surface area contributed by atoms with Crippen molar-refractivity contribution in [2.24, 2.45) is 11.7 Å². The van der Waals surface area contributed by atoms with Gasteiger partial charge in [0.2, 0.25) is 0 Å². The Kier molecular flexibility index (Phi) is 7.87. The van der Waals surface area contributed by atoms with Crippen LogP contribution in [0.5, 0.6) is 0 Å². The van der Waals surface area contributed by atoms with E-state index < -0.39 is 0 Å². The van der Waals surface area contributed by atoms with Crippen LogP contribution < -0.4 is 5.73 Å². The summed E-state index contributed by atoms with van der Waals surface area (Å²) in [6.07, 6.45) is 12.6. The molecule has 1 fully saturated rings. The van der Waals surface area contributed by atoms with Gasteiger partial charge in [-0.05, 0) is 51.7 Å². The van der Waals surface area contributed by atoms with Gasteiger partial charge in [-0.2, -0.15) is 0 Å². The maximum Gasteiger partial charge on any atom is 0.000661 e. The summed E-state index contributed by atoms with van der Waals surface area (Å²) in [7, 11) is 2.29. The molecule has 2 heteroatoms. The van der Waals surface area contributed by atoms with Gasteiger partial charge < -0.3 is 10.6 Å². The van der Waals surface area contributed by atoms with Crippen molar-refractivity contribution in [1.82, 2.24) is 4.90 Å². The van der Waals surface area contributed by atoms with Crippen LogP contribution in [0.25, 0.3) is 0 Å². The molecule has 1 aliphatic carbocycles. The van der Waals surface area contributed by atoms with Gasteiger partial charge in [0.15, 0.2) is 0 Å². The van der Waals surface area contributed by atoms with Crippen LogP contribution in [-0.2, 0) is 0 Å². The van der Waals surface area contributed by atoms with Gasteiger partial charge in [0, 0.05) is 6.54 Å². The van der Waals surface area contributed by atoms with Gasteiger partial charge in [0.1, 0.15) is 0 Å². The van der Waals surface area contributed by atoms with E-state index in [1.807, 2.05) is 0 Å². The molecule has 1 saturated carbocycles. The maximum absolute atomic E-state index is 5.48. The highest BCUT2D eigenvalue weighted by Crippen LogP contribution is 2.24. The molecule has 1 aliphatic rings. The van der Waals surface area contributed by atoms with Crippen LogP contribution in [0.4, 0.5) is 0 Å². The minimum Gasteiger partial charge on any atom is -0.330 e. The summed E-state index contributed by atoms with van der Waals surface area (Å²) in [5.74, 6) is 0.989. The fourth-order valence-corrected chi connectivity index (χ4v) is 2.78. The summed E-state index contributed by atoms with van der Waals surface area (Å²) in [4.78, 5) is 2.54. The van der Waals surface area contributed by atoms with Crippen LogP contribution in [0.1, 0.15) is 57.8 Å². The number of hydrogen-bond donors (Lipinski definition) is 1. The van der Waals surface area contributed by atoms with E-state index in [4.69, 9.17) is 5.73 Å². The lowest BCUT2D eigenvalue weighted by Crippen LogP contribution is -2.27. The second-order valence-electron chi connectivity index (χ2n) is 5.47. The third-order valence-electron chi connectivity index (χ3n) is 3.79. The van der Waals surface area contributed by atoms with Gasteiger partial charge >= 0.3 is 0 Å². The monoisotopic (exact) mass is 226 g/mol. The smallest absolute Gasteiger partial charge is 0.000661 e. The van der Waals surface area contributed by atoms with Crippen molar-refractivity contribution in [2.45, 2.75) is 57.8 Å². The molecule has 0 amide bonds. The van der Waals surface area contributed by atoms with Crippen molar-refractivity contribution in [3.05, 3.63) is 0 Å². The van der Waals surface area contributed by atoms with Gasteiger partial charge in [0.05, 0.1) is 0 Å². The molecule has 0 bridgehead atoms. The van der Waals surface area contributed by atoms with Crippen molar-refractivity contribution >= 4 is 0 Å². The highest BCUT2D eigenvalue weighted by molar-refractivity contribution is 4.68. The Morgan fingerprint density at radius 3 is 2.38 bits per heavy atom. The van der Waals surface area contributed by atoms with E-state index >= 15 is 0 Å². The summed E-state index contributed by atoms with van der Waals surface area (Å²) in [5.41, 5.74) is 5.48. The van der Waals surface area contributed by atoms with Crippen molar-refractivity contribution in [1.29, 1.82) is 0 Å². The predicted molar refractivity (Wildman–Crippen MR) is 71.6 cm³/mol. The SMILES string of the molecule is CN(CCCCCCN)CC1CCCCC1. The van der Waals surface area contributed by atoms with Gasteiger partial charge in [-0.3, -0.25) is 0 Å². The first-order chi connectivity index (χ1) is 7.83. The van der Waals surface area contributed by atoms with Crippen LogP contribution >= 0.6 is 0 Å². The molecule has 0 aromatic carbocycles. The zero-order valence-corrected chi connectivity index (χ0v) is 11.1. The largest absolute Gasteiger partial charge is 0.330 e. The average Bonchev–Trinajstić information content (AvgIpc) is 2.30. The average molecular weight is 226 g/mol. The summed E-state index contributed by atoms with van der Waals surface area (Å²) >= 11 is 0. The van der Waals surface area contributed by atoms with E-state index in [2.05, 4.69) is 11.9 Å². The van der Waals surface area contributed by atoms with Crippen molar-refractivity contribution in [3.8, 4) is 0 Å². The number of rotatable bonds is 8. The van der Waals surface area contributed by atoms with Crippen LogP contribution in [0.15, 0.2) is 0 Å². The lowest BCUT2D eigenvalue weighted by Gasteiger charge is -2.26. The summed E-state index contributed by atoms with van der Waals surface area (Å²) in [6.45, 7) is 3.47. The van der Waals surface area contributed by atoms with Crippen LogP contribution in [0.3, 0.4) is 0 Å². The molecule has 1 rings (SSSR count). The standard InChI is InChI=1S/C14H30N2/c1-16(12-8-3-2-7-11-15)13-14-9-5-4-6-10-14/h14H,2-13,15H2,1H3. The molecule has 0 aromatic rings. The summed E-state index contributed by atoms with van der Waals surface area (Å²) < 4.78 is 0. The van der Waals surface area contributed by atoms with Gasteiger partial charge in [-0.15, -0.1) is 0 Å². The Balaban J connectivity index is 1.95. The zero-order valence-electron chi connectivity index (χ0n) is 11.1. The van der Waals surface area contributed by atoms with Crippen molar-refractivity contribution in [2.75, 3.05) is 26.7 Å². The first-order valence-corrected chi connectivity index (χ1v) is 7.21. The lowest BCUT2D eigenvalue weighted by molar-refractivity contribution is 0.230. The molecule has 0 aliphatic heterocycles. The summed E-state index contributed by atoms with van der Waals surface area (Å²) in [6, 6.07) is 0. The summed E-state index contributed by atoms with van der Waals surface area (Å²) in [5, 5.41) is 0. The Hall–Kier alpha value is -0.0800. The molecule has 2 N–H and O–H groups in total.